The van der Waals surface area contributed by atoms with Crippen molar-refractivity contribution < 1.29 is 9.53 Å². The number of rotatable bonds is 3. The summed E-state index contributed by atoms with van der Waals surface area (Å²) in [5.41, 5.74) is 0.969. The maximum Gasteiger partial charge on any atom is 0.248 e. The van der Waals surface area contributed by atoms with Crippen molar-refractivity contribution in [1.29, 1.82) is 0 Å². The smallest absolute Gasteiger partial charge is 0.248 e. The molecule has 1 fully saturated rings. The zero-order valence-electron chi connectivity index (χ0n) is 10.2. The van der Waals surface area contributed by atoms with E-state index in [4.69, 9.17) is 4.74 Å². The highest BCUT2D eigenvalue weighted by Gasteiger charge is 2.28. The summed E-state index contributed by atoms with van der Waals surface area (Å²) < 4.78 is 4.85. The van der Waals surface area contributed by atoms with Crippen molar-refractivity contribution in [3.63, 3.8) is 0 Å². The molecule has 5 nitrogen and oxygen atoms in total. The minimum atomic E-state index is 0.0441. The van der Waals surface area contributed by atoms with Gasteiger partial charge in [0.05, 0.1) is 0 Å². The quantitative estimate of drug-likeness (QED) is 0.775. The number of carbonyl (C=O) groups is 1. The van der Waals surface area contributed by atoms with Crippen LogP contribution >= 0.6 is 0 Å². The first-order valence-corrected chi connectivity index (χ1v) is 5.77. The molecule has 2 heterocycles. The average Bonchev–Trinajstić information content (AvgIpc) is 2.78. The Bertz CT molecular complexity index is 408. The van der Waals surface area contributed by atoms with E-state index in [1.807, 2.05) is 17.9 Å². The van der Waals surface area contributed by atoms with Crippen molar-refractivity contribution in [3.8, 4) is 0 Å². The predicted molar refractivity (Wildman–Crippen MR) is 62.6 cm³/mol. The molecule has 0 bridgehead atoms. The van der Waals surface area contributed by atoms with E-state index in [0.717, 1.165) is 24.5 Å². The first kappa shape index (κ1) is 12.0. The van der Waals surface area contributed by atoms with Gasteiger partial charge in [0.2, 0.25) is 5.91 Å². The minimum Gasteiger partial charge on any atom is -0.375 e. The van der Waals surface area contributed by atoms with E-state index in [-0.39, 0.29) is 18.4 Å². The Balaban J connectivity index is 2.00. The van der Waals surface area contributed by atoms with E-state index in [1.54, 1.807) is 6.20 Å². The Morgan fingerprint density at radius 2 is 2.47 bits per heavy atom. The third kappa shape index (κ3) is 2.79. The Morgan fingerprint density at radius 3 is 3.18 bits per heavy atom. The number of hydrogen-bond acceptors (Lipinski definition) is 4. The largest absolute Gasteiger partial charge is 0.375 e. The first-order valence-electron chi connectivity index (χ1n) is 5.77. The second kappa shape index (κ2) is 5.23. The molecule has 0 spiro atoms. The van der Waals surface area contributed by atoms with Crippen LogP contribution in [0.2, 0.25) is 0 Å². The van der Waals surface area contributed by atoms with Gasteiger partial charge in [-0.25, -0.2) is 9.97 Å². The van der Waals surface area contributed by atoms with Gasteiger partial charge in [-0.2, -0.15) is 0 Å². The van der Waals surface area contributed by atoms with Gasteiger partial charge in [0.1, 0.15) is 12.4 Å². The van der Waals surface area contributed by atoms with Crippen LogP contribution in [0.1, 0.15) is 23.9 Å². The molecule has 1 saturated heterocycles. The maximum atomic E-state index is 11.6. The third-order valence-corrected chi connectivity index (χ3v) is 2.99. The molecular weight excluding hydrogens is 218 g/mol. The lowest BCUT2D eigenvalue weighted by atomic mass is 10.1. The summed E-state index contributed by atoms with van der Waals surface area (Å²) in [7, 11) is 1.54. The van der Waals surface area contributed by atoms with Crippen LogP contribution in [-0.2, 0) is 9.53 Å². The normalized spacial score (nSPS) is 19.6. The van der Waals surface area contributed by atoms with E-state index in [0.29, 0.717) is 6.54 Å². The van der Waals surface area contributed by atoms with Crippen molar-refractivity contribution in [2.24, 2.45) is 0 Å². The fourth-order valence-corrected chi connectivity index (χ4v) is 2.08. The second-order valence-electron chi connectivity index (χ2n) is 4.31. The van der Waals surface area contributed by atoms with E-state index in [2.05, 4.69) is 9.97 Å². The van der Waals surface area contributed by atoms with Gasteiger partial charge in [-0.05, 0) is 19.4 Å². The molecule has 2 rings (SSSR count). The van der Waals surface area contributed by atoms with Gasteiger partial charge in [-0.1, -0.05) is 0 Å². The summed E-state index contributed by atoms with van der Waals surface area (Å²) in [6.45, 7) is 3.57. The number of methoxy groups -OCH3 is 1. The summed E-state index contributed by atoms with van der Waals surface area (Å²) in [5.74, 6) is 1.15. The number of nitrogens with zero attached hydrogens (tertiary/aromatic N) is 3. The zero-order chi connectivity index (χ0) is 12.3. The highest BCUT2D eigenvalue weighted by atomic mass is 16.5. The number of carbonyl (C=O) groups excluding carboxylic acids is 1. The number of hydrogen-bond donors (Lipinski definition) is 0. The van der Waals surface area contributed by atoms with Gasteiger partial charge in [0, 0.05) is 38.0 Å². The lowest BCUT2D eigenvalue weighted by molar-refractivity contribution is -0.134. The van der Waals surface area contributed by atoms with Gasteiger partial charge >= 0.3 is 0 Å². The van der Waals surface area contributed by atoms with Crippen LogP contribution < -0.4 is 0 Å². The highest BCUT2D eigenvalue weighted by molar-refractivity contribution is 5.77. The average molecular weight is 235 g/mol. The predicted octanol–water partition coefficient (Wildman–Crippen LogP) is 0.747. The fraction of sp³-hybridized carbons (Fsp3) is 0.583. The molecule has 1 atom stereocenters. The summed E-state index contributed by atoms with van der Waals surface area (Å²) in [6.07, 6.45) is 2.70. The monoisotopic (exact) mass is 235 g/mol. The zero-order valence-corrected chi connectivity index (χ0v) is 10.2. The van der Waals surface area contributed by atoms with Crippen molar-refractivity contribution in [3.05, 3.63) is 23.8 Å². The molecule has 1 amide bonds. The molecule has 0 saturated carbocycles. The summed E-state index contributed by atoms with van der Waals surface area (Å²) in [5, 5.41) is 0. The molecule has 0 aliphatic carbocycles. The third-order valence-electron chi connectivity index (χ3n) is 2.99. The molecule has 0 N–H and O–H groups in total. The number of amides is 1. The van der Waals surface area contributed by atoms with E-state index < -0.39 is 0 Å². The van der Waals surface area contributed by atoms with Crippen molar-refractivity contribution in [2.45, 2.75) is 19.3 Å². The standard InChI is InChI=1S/C12H17N3O2/c1-9-3-5-13-12(14-9)10-4-6-15(7-10)11(16)8-17-2/h3,5,10H,4,6-8H2,1-2H3/t10-/m0/s1. The van der Waals surface area contributed by atoms with Crippen LogP contribution in [0.15, 0.2) is 12.3 Å². The SMILES string of the molecule is COCC(=O)N1CC[C@H](c2nccc(C)n2)C1. The summed E-state index contributed by atoms with van der Waals surface area (Å²) >= 11 is 0. The van der Waals surface area contributed by atoms with Crippen LogP contribution in [-0.4, -0.2) is 47.6 Å². The fourth-order valence-electron chi connectivity index (χ4n) is 2.08. The van der Waals surface area contributed by atoms with E-state index >= 15 is 0 Å². The van der Waals surface area contributed by atoms with Gasteiger partial charge in [-0.3, -0.25) is 4.79 Å². The number of aromatic nitrogens is 2. The van der Waals surface area contributed by atoms with Crippen LogP contribution in [0.4, 0.5) is 0 Å². The van der Waals surface area contributed by atoms with Crippen LogP contribution in [0.5, 0.6) is 0 Å². The molecule has 92 valence electrons. The van der Waals surface area contributed by atoms with Gasteiger partial charge < -0.3 is 9.64 Å². The maximum absolute atomic E-state index is 11.6. The van der Waals surface area contributed by atoms with Crippen LogP contribution in [0, 0.1) is 6.92 Å². The van der Waals surface area contributed by atoms with Crippen molar-refractivity contribution >= 4 is 5.91 Å². The Kier molecular flexibility index (Phi) is 3.68. The van der Waals surface area contributed by atoms with Crippen LogP contribution in [0.25, 0.3) is 0 Å². The molecule has 0 aromatic carbocycles. The first-order chi connectivity index (χ1) is 8.20. The Labute approximate surface area is 101 Å². The molecule has 1 aromatic heterocycles. The minimum absolute atomic E-state index is 0.0441. The van der Waals surface area contributed by atoms with E-state index in [9.17, 15) is 4.79 Å². The summed E-state index contributed by atoms with van der Waals surface area (Å²) in [4.78, 5) is 22.2. The van der Waals surface area contributed by atoms with E-state index in [1.165, 1.54) is 7.11 Å². The molecule has 1 aromatic rings. The van der Waals surface area contributed by atoms with Gasteiger partial charge in [0.15, 0.2) is 0 Å². The molecule has 0 unspecified atom stereocenters. The summed E-state index contributed by atoms with van der Waals surface area (Å²) in [6, 6.07) is 1.88. The topological polar surface area (TPSA) is 55.3 Å². The number of likely N-dealkylation sites (tertiary alicyclic amines) is 1. The molecule has 5 heteroatoms. The Hall–Kier alpha value is -1.49. The number of aryl methyl sites for hydroxylation is 1. The van der Waals surface area contributed by atoms with Crippen molar-refractivity contribution in [1.82, 2.24) is 14.9 Å². The van der Waals surface area contributed by atoms with Crippen molar-refractivity contribution in [2.75, 3.05) is 26.8 Å². The molecule has 1 aliphatic heterocycles. The second-order valence-corrected chi connectivity index (χ2v) is 4.31. The van der Waals surface area contributed by atoms with Gasteiger partial charge in [0.25, 0.3) is 0 Å². The lowest BCUT2D eigenvalue weighted by Crippen LogP contribution is -2.31. The number of ether oxygens (including phenoxy) is 1. The Morgan fingerprint density at radius 1 is 1.65 bits per heavy atom. The molecular formula is C12H17N3O2. The molecule has 1 aliphatic rings. The molecule has 0 radical (unpaired) electrons. The van der Waals surface area contributed by atoms with Gasteiger partial charge in [-0.15, -0.1) is 0 Å². The molecule has 17 heavy (non-hydrogen) atoms. The highest BCUT2D eigenvalue weighted by Crippen LogP contribution is 2.24. The lowest BCUT2D eigenvalue weighted by Gasteiger charge is -2.15. The van der Waals surface area contributed by atoms with Crippen LogP contribution in [0.3, 0.4) is 0 Å².